The fraction of sp³-hybridized carbons (Fsp3) is 0.889. The number of hydrogen-bond acceptors (Lipinski definition) is 3. The van der Waals surface area contributed by atoms with Gasteiger partial charge in [-0.3, -0.25) is 0 Å². The van der Waals surface area contributed by atoms with Gasteiger partial charge in [0.1, 0.15) is 0 Å². The summed E-state index contributed by atoms with van der Waals surface area (Å²) in [6.07, 6.45) is 0.927. The molecule has 0 aromatic carbocycles. The van der Waals surface area contributed by atoms with Crippen LogP contribution in [0.15, 0.2) is 0 Å². The normalized spacial score (nSPS) is 27.7. The van der Waals surface area contributed by atoms with Crippen molar-refractivity contribution in [3.05, 3.63) is 0 Å². The molecule has 2 fully saturated rings. The number of rotatable bonds is 1. The lowest BCUT2D eigenvalue weighted by molar-refractivity contribution is 0.0523. The average molecular weight is 200 g/mol. The number of hydrogen-bond donors (Lipinski definition) is 1. The van der Waals surface area contributed by atoms with Gasteiger partial charge >= 0.3 is 6.03 Å². The number of ether oxygens (including phenoxy) is 2. The van der Waals surface area contributed by atoms with Crippen LogP contribution in [0.5, 0.6) is 0 Å². The van der Waals surface area contributed by atoms with E-state index in [0.29, 0.717) is 32.9 Å². The first-order valence-electron chi connectivity index (χ1n) is 5.07. The van der Waals surface area contributed by atoms with Gasteiger partial charge in [0.05, 0.1) is 25.9 Å². The van der Waals surface area contributed by atoms with Gasteiger partial charge in [0.2, 0.25) is 0 Å². The van der Waals surface area contributed by atoms with Crippen LogP contribution in [0, 0.1) is 0 Å². The summed E-state index contributed by atoms with van der Waals surface area (Å²) in [5, 5.41) is 2.96. The molecule has 1 unspecified atom stereocenters. The lowest BCUT2D eigenvalue weighted by atomic mass is 10.3. The summed E-state index contributed by atoms with van der Waals surface area (Å²) in [6, 6.07) is 0.217. The molecule has 2 rings (SSSR count). The Labute approximate surface area is 83.3 Å². The highest BCUT2D eigenvalue weighted by Crippen LogP contribution is 2.05. The summed E-state index contributed by atoms with van der Waals surface area (Å²) in [5.41, 5.74) is 0. The Morgan fingerprint density at radius 3 is 2.64 bits per heavy atom. The Balaban J connectivity index is 1.75. The molecule has 14 heavy (non-hydrogen) atoms. The predicted molar refractivity (Wildman–Crippen MR) is 50.1 cm³/mol. The van der Waals surface area contributed by atoms with Crippen molar-refractivity contribution in [3.8, 4) is 0 Å². The summed E-state index contributed by atoms with van der Waals surface area (Å²) in [7, 11) is 0. The molecule has 2 saturated heterocycles. The maximum absolute atomic E-state index is 11.7. The molecule has 80 valence electrons. The van der Waals surface area contributed by atoms with Crippen LogP contribution in [0.1, 0.15) is 6.42 Å². The predicted octanol–water partition coefficient (Wildman–Crippen LogP) is -0.183. The molecule has 5 nitrogen and oxygen atoms in total. The first kappa shape index (κ1) is 9.73. The molecule has 1 N–H and O–H groups in total. The lowest BCUT2D eigenvalue weighted by Crippen LogP contribution is -2.49. The van der Waals surface area contributed by atoms with E-state index in [-0.39, 0.29) is 12.1 Å². The van der Waals surface area contributed by atoms with Gasteiger partial charge in [-0.2, -0.15) is 0 Å². The molecule has 0 saturated carbocycles. The smallest absolute Gasteiger partial charge is 0.317 e. The standard InChI is InChI=1S/C9H16N2O3/c12-9(10-8-1-4-14-7-8)11-2-5-13-6-3-11/h8H,1-7H2,(H,10,12). The highest BCUT2D eigenvalue weighted by Gasteiger charge is 2.22. The minimum atomic E-state index is 0.0174. The molecular weight excluding hydrogens is 184 g/mol. The van der Waals surface area contributed by atoms with Crippen molar-refractivity contribution in [2.75, 3.05) is 39.5 Å². The van der Waals surface area contributed by atoms with Crippen LogP contribution in [-0.4, -0.2) is 56.5 Å². The third-order valence-corrected chi connectivity index (χ3v) is 2.56. The van der Waals surface area contributed by atoms with Crippen LogP contribution >= 0.6 is 0 Å². The van der Waals surface area contributed by atoms with Crippen LogP contribution < -0.4 is 5.32 Å². The SMILES string of the molecule is O=C(NC1CCOC1)N1CCOCC1. The van der Waals surface area contributed by atoms with Gasteiger partial charge in [-0.05, 0) is 6.42 Å². The topological polar surface area (TPSA) is 50.8 Å². The van der Waals surface area contributed by atoms with E-state index in [1.807, 2.05) is 0 Å². The molecule has 2 amide bonds. The molecule has 0 bridgehead atoms. The Bertz CT molecular complexity index is 198. The van der Waals surface area contributed by atoms with E-state index in [0.717, 1.165) is 13.0 Å². The van der Waals surface area contributed by atoms with Crippen molar-refractivity contribution in [2.24, 2.45) is 0 Å². The number of amides is 2. The van der Waals surface area contributed by atoms with Gasteiger partial charge in [0.25, 0.3) is 0 Å². The Kier molecular flexibility index (Phi) is 3.21. The monoisotopic (exact) mass is 200 g/mol. The first-order chi connectivity index (χ1) is 6.86. The van der Waals surface area contributed by atoms with E-state index in [2.05, 4.69) is 5.32 Å². The molecule has 5 heteroatoms. The molecular formula is C9H16N2O3. The third kappa shape index (κ3) is 2.36. The average Bonchev–Trinajstić information content (AvgIpc) is 2.72. The van der Waals surface area contributed by atoms with E-state index >= 15 is 0 Å². The third-order valence-electron chi connectivity index (χ3n) is 2.56. The van der Waals surface area contributed by atoms with Crippen LogP contribution in [0.2, 0.25) is 0 Å². The zero-order valence-electron chi connectivity index (χ0n) is 8.20. The maximum atomic E-state index is 11.7. The molecule has 0 spiro atoms. The second-order valence-corrected chi connectivity index (χ2v) is 3.61. The second-order valence-electron chi connectivity index (χ2n) is 3.61. The minimum Gasteiger partial charge on any atom is -0.379 e. The minimum absolute atomic E-state index is 0.0174. The first-order valence-corrected chi connectivity index (χ1v) is 5.07. The summed E-state index contributed by atoms with van der Waals surface area (Å²) < 4.78 is 10.4. The quantitative estimate of drug-likeness (QED) is 0.638. The number of nitrogens with zero attached hydrogens (tertiary/aromatic N) is 1. The Morgan fingerprint density at radius 2 is 2.00 bits per heavy atom. The highest BCUT2D eigenvalue weighted by atomic mass is 16.5. The molecule has 0 aromatic rings. The summed E-state index contributed by atoms with van der Waals surface area (Å²) in [6.45, 7) is 4.09. The van der Waals surface area contributed by atoms with E-state index in [4.69, 9.17) is 9.47 Å². The van der Waals surface area contributed by atoms with E-state index < -0.39 is 0 Å². The number of carbonyl (C=O) groups excluding carboxylic acids is 1. The van der Waals surface area contributed by atoms with Gasteiger partial charge in [-0.25, -0.2) is 4.79 Å². The van der Waals surface area contributed by atoms with Gasteiger partial charge in [0.15, 0.2) is 0 Å². The van der Waals surface area contributed by atoms with Crippen LogP contribution in [-0.2, 0) is 9.47 Å². The van der Waals surface area contributed by atoms with Crippen molar-refractivity contribution >= 4 is 6.03 Å². The van der Waals surface area contributed by atoms with Crippen molar-refractivity contribution in [2.45, 2.75) is 12.5 Å². The molecule has 0 aromatic heterocycles. The highest BCUT2D eigenvalue weighted by molar-refractivity contribution is 5.74. The molecule has 2 aliphatic rings. The fourth-order valence-corrected chi connectivity index (χ4v) is 1.68. The molecule has 2 heterocycles. The molecule has 0 radical (unpaired) electrons. The van der Waals surface area contributed by atoms with Gasteiger partial charge < -0.3 is 19.7 Å². The van der Waals surface area contributed by atoms with Gasteiger partial charge in [0, 0.05) is 19.7 Å². The Hall–Kier alpha value is -0.810. The zero-order chi connectivity index (χ0) is 9.80. The van der Waals surface area contributed by atoms with Crippen LogP contribution in [0.3, 0.4) is 0 Å². The molecule has 1 atom stereocenters. The van der Waals surface area contributed by atoms with Gasteiger partial charge in [-0.1, -0.05) is 0 Å². The van der Waals surface area contributed by atoms with E-state index in [1.54, 1.807) is 4.90 Å². The van der Waals surface area contributed by atoms with Crippen LogP contribution in [0.4, 0.5) is 4.79 Å². The van der Waals surface area contributed by atoms with E-state index in [9.17, 15) is 4.79 Å². The zero-order valence-corrected chi connectivity index (χ0v) is 8.20. The summed E-state index contributed by atoms with van der Waals surface area (Å²) in [5.74, 6) is 0. The number of morpholine rings is 1. The van der Waals surface area contributed by atoms with Crippen molar-refractivity contribution < 1.29 is 14.3 Å². The number of nitrogens with one attached hydrogen (secondary N) is 1. The van der Waals surface area contributed by atoms with Crippen molar-refractivity contribution in [3.63, 3.8) is 0 Å². The van der Waals surface area contributed by atoms with Crippen molar-refractivity contribution in [1.29, 1.82) is 0 Å². The Morgan fingerprint density at radius 1 is 1.21 bits per heavy atom. The largest absolute Gasteiger partial charge is 0.379 e. The second kappa shape index (κ2) is 4.61. The van der Waals surface area contributed by atoms with E-state index in [1.165, 1.54) is 0 Å². The van der Waals surface area contributed by atoms with Crippen molar-refractivity contribution in [1.82, 2.24) is 10.2 Å². The van der Waals surface area contributed by atoms with Gasteiger partial charge in [-0.15, -0.1) is 0 Å². The molecule has 0 aliphatic carbocycles. The molecule has 2 aliphatic heterocycles. The summed E-state index contributed by atoms with van der Waals surface area (Å²) >= 11 is 0. The number of urea groups is 1. The maximum Gasteiger partial charge on any atom is 0.317 e. The fourth-order valence-electron chi connectivity index (χ4n) is 1.68. The van der Waals surface area contributed by atoms with Crippen LogP contribution in [0.25, 0.3) is 0 Å². The number of carbonyl (C=O) groups is 1. The summed E-state index contributed by atoms with van der Waals surface area (Å²) in [4.78, 5) is 13.5. The lowest BCUT2D eigenvalue weighted by Gasteiger charge is -2.28.